The largest absolute Gasteiger partial charge is 0.502 e. The van der Waals surface area contributed by atoms with Crippen molar-refractivity contribution in [1.29, 1.82) is 0 Å². The summed E-state index contributed by atoms with van der Waals surface area (Å²) in [6.07, 6.45) is 0. The number of hydrogen-bond acceptors (Lipinski definition) is 5. The molecule has 0 saturated heterocycles. The van der Waals surface area contributed by atoms with Gasteiger partial charge in [0.05, 0.1) is 11.2 Å². The van der Waals surface area contributed by atoms with Gasteiger partial charge in [-0.1, -0.05) is 0 Å². The van der Waals surface area contributed by atoms with E-state index < -0.39 is 18.3 Å². The predicted octanol–water partition coefficient (Wildman–Crippen LogP) is 1.85. The molecular formula is C14H26BNO3S. The molecule has 0 amide bonds. The minimum Gasteiger partial charge on any atom is -0.423 e. The number of rotatable bonds is 7. The smallest absolute Gasteiger partial charge is 0.423 e. The summed E-state index contributed by atoms with van der Waals surface area (Å²) in [6, 6.07) is 1.95. The van der Waals surface area contributed by atoms with Crippen molar-refractivity contribution in [3.63, 3.8) is 0 Å². The van der Waals surface area contributed by atoms with Crippen LogP contribution in [0.1, 0.15) is 41.5 Å². The molecule has 0 radical (unpaired) electrons. The van der Waals surface area contributed by atoms with E-state index in [0.717, 1.165) is 23.6 Å². The second kappa shape index (κ2) is 6.47. The zero-order valence-corrected chi connectivity index (χ0v) is 14.1. The van der Waals surface area contributed by atoms with Crippen LogP contribution in [0.4, 0.5) is 5.69 Å². The van der Waals surface area contributed by atoms with Crippen molar-refractivity contribution in [2.75, 3.05) is 18.0 Å². The summed E-state index contributed by atoms with van der Waals surface area (Å²) < 4.78 is 6.40. The minimum atomic E-state index is -1.03. The first-order valence-corrected chi connectivity index (χ1v) is 7.92. The summed E-state index contributed by atoms with van der Waals surface area (Å²) >= 11 is 1.47. The van der Waals surface area contributed by atoms with E-state index >= 15 is 0 Å². The van der Waals surface area contributed by atoms with Gasteiger partial charge in [-0.25, -0.2) is 0 Å². The van der Waals surface area contributed by atoms with Crippen LogP contribution in [-0.4, -0.2) is 41.5 Å². The molecule has 0 bridgehead atoms. The molecule has 1 aromatic rings. The molecule has 4 nitrogen and oxygen atoms in total. The maximum atomic E-state index is 10.2. The van der Waals surface area contributed by atoms with E-state index in [0.29, 0.717) is 0 Å². The third kappa shape index (κ3) is 3.98. The molecule has 0 aliphatic rings. The first-order valence-electron chi connectivity index (χ1n) is 7.04. The van der Waals surface area contributed by atoms with Crippen LogP contribution >= 0.6 is 11.3 Å². The number of aliphatic hydroxyl groups is 1. The molecule has 0 saturated carbocycles. The van der Waals surface area contributed by atoms with E-state index in [4.69, 9.17) is 4.65 Å². The zero-order chi connectivity index (χ0) is 15.6. The topological polar surface area (TPSA) is 52.9 Å². The van der Waals surface area contributed by atoms with Gasteiger partial charge in [0.1, 0.15) is 0 Å². The number of anilines is 1. The Morgan fingerprint density at radius 2 is 1.80 bits per heavy atom. The number of hydrogen-bond donors (Lipinski definition) is 2. The second-order valence-electron chi connectivity index (χ2n) is 5.92. The molecule has 114 valence electrons. The molecule has 1 aromatic heterocycles. The molecule has 0 aromatic carbocycles. The summed E-state index contributed by atoms with van der Waals surface area (Å²) in [5.41, 5.74) is -0.780. The van der Waals surface area contributed by atoms with Gasteiger partial charge >= 0.3 is 7.12 Å². The standard InChI is InChI=1S/C14H26BNO3S/c1-7-16(8-2)11-9-12(20-10-11)15(18)19-14(5,6)13(3,4)17/h9-10,17-18H,7-8H2,1-6H3. The quantitative estimate of drug-likeness (QED) is 0.755. The fraction of sp³-hybridized carbons (Fsp3) is 0.714. The summed E-state index contributed by atoms with van der Waals surface area (Å²) in [7, 11) is -1.02. The molecule has 0 atom stereocenters. The van der Waals surface area contributed by atoms with Crippen LogP contribution in [0.15, 0.2) is 11.4 Å². The number of thiophene rings is 1. The highest BCUT2D eigenvalue weighted by molar-refractivity contribution is 7.21. The monoisotopic (exact) mass is 299 g/mol. The molecule has 0 unspecified atom stereocenters. The van der Waals surface area contributed by atoms with Gasteiger partial charge in [-0.05, 0) is 47.6 Å². The summed E-state index contributed by atoms with van der Waals surface area (Å²) in [5.74, 6) is 0. The SMILES string of the molecule is CCN(CC)c1csc(B(O)OC(C)(C)C(C)(C)O)c1. The highest BCUT2D eigenvalue weighted by Crippen LogP contribution is 2.26. The maximum Gasteiger partial charge on any atom is 0.502 e. The predicted molar refractivity (Wildman–Crippen MR) is 86.9 cm³/mol. The minimum absolute atomic E-state index is 0.754. The van der Waals surface area contributed by atoms with Crippen LogP contribution in [0.2, 0.25) is 0 Å². The molecule has 2 N–H and O–H groups in total. The Balaban J connectivity index is 2.81. The van der Waals surface area contributed by atoms with E-state index in [2.05, 4.69) is 18.7 Å². The first-order chi connectivity index (χ1) is 9.12. The van der Waals surface area contributed by atoms with E-state index in [-0.39, 0.29) is 0 Å². The van der Waals surface area contributed by atoms with Crippen molar-refractivity contribution in [3.05, 3.63) is 11.4 Å². The van der Waals surface area contributed by atoms with Gasteiger partial charge < -0.3 is 19.7 Å². The van der Waals surface area contributed by atoms with E-state index in [9.17, 15) is 10.1 Å². The van der Waals surface area contributed by atoms with Crippen LogP contribution in [0.25, 0.3) is 0 Å². The van der Waals surface area contributed by atoms with E-state index in [1.165, 1.54) is 11.3 Å². The van der Waals surface area contributed by atoms with E-state index in [1.807, 2.05) is 11.4 Å². The van der Waals surface area contributed by atoms with Crippen molar-refractivity contribution in [2.45, 2.75) is 52.7 Å². The van der Waals surface area contributed by atoms with Crippen LogP contribution in [-0.2, 0) is 4.65 Å². The maximum absolute atomic E-state index is 10.2. The summed E-state index contributed by atoms with van der Waals surface area (Å²) in [6.45, 7) is 13.0. The third-order valence-corrected chi connectivity index (χ3v) is 4.81. The van der Waals surface area contributed by atoms with Crippen molar-refractivity contribution < 1.29 is 14.8 Å². The van der Waals surface area contributed by atoms with Crippen molar-refractivity contribution in [3.8, 4) is 0 Å². The lowest BCUT2D eigenvalue weighted by atomic mass is 9.82. The van der Waals surface area contributed by atoms with Gasteiger partial charge in [0.15, 0.2) is 0 Å². The Morgan fingerprint density at radius 1 is 1.25 bits per heavy atom. The van der Waals surface area contributed by atoms with Crippen LogP contribution in [0, 0.1) is 0 Å². The van der Waals surface area contributed by atoms with Crippen LogP contribution in [0.3, 0.4) is 0 Å². The van der Waals surface area contributed by atoms with Crippen molar-refractivity contribution in [2.24, 2.45) is 0 Å². The molecule has 20 heavy (non-hydrogen) atoms. The molecule has 0 aliphatic carbocycles. The average molecular weight is 299 g/mol. The van der Waals surface area contributed by atoms with Gasteiger partial charge in [-0.3, -0.25) is 0 Å². The molecule has 1 rings (SSSR count). The van der Waals surface area contributed by atoms with Crippen LogP contribution in [0.5, 0.6) is 0 Å². The second-order valence-corrected chi connectivity index (χ2v) is 6.86. The molecular weight excluding hydrogens is 273 g/mol. The lowest BCUT2D eigenvalue weighted by Crippen LogP contribution is -2.52. The molecule has 1 heterocycles. The van der Waals surface area contributed by atoms with Crippen molar-refractivity contribution in [1.82, 2.24) is 0 Å². The zero-order valence-electron chi connectivity index (χ0n) is 13.3. The Bertz CT molecular complexity index is 424. The Morgan fingerprint density at radius 3 is 2.25 bits per heavy atom. The van der Waals surface area contributed by atoms with Crippen molar-refractivity contribution >= 4 is 28.9 Å². The van der Waals surface area contributed by atoms with E-state index in [1.54, 1.807) is 27.7 Å². The number of nitrogens with zero attached hydrogens (tertiary/aromatic N) is 1. The normalized spacial score (nSPS) is 12.6. The van der Waals surface area contributed by atoms with Gasteiger partial charge in [-0.15, -0.1) is 0 Å². The first kappa shape index (κ1) is 17.5. The lowest BCUT2D eigenvalue weighted by Gasteiger charge is -2.38. The Hall–Kier alpha value is -0.555. The van der Waals surface area contributed by atoms with Gasteiger partial charge in [0.2, 0.25) is 0 Å². The highest BCUT2D eigenvalue weighted by atomic mass is 32.1. The van der Waals surface area contributed by atoms with Crippen LogP contribution < -0.4 is 9.68 Å². The highest BCUT2D eigenvalue weighted by Gasteiger charge is 2.39. The Labute approximate surface area is 126 Å². The lowest BCUT2D eigenvalue weighted by molar-refractivity contribution is -0.0981. The average Bonchev–Trinajstić information content (AvgIpc) is 2.78. The fourth-order valence-electron chi connectivity index (χ4n) is 1.71. The van der Waals surface area contributed by atoms with Gasteiger partial charge in [0.25, 0.3) is 0 Å². The van der Waals surface area contributed by atoms with Gasteiger partial charge in [0, 0.05) is 28.9 Å². The molecule has 0 spiro atoms. The summed E-state index contributed by atoms with van der Waals surface area (Å²) in [5, 5.41) is 22.3. The molecule has 6 heteroatoms. The fourth-order valence-corrected chi connectivity index (χ4v) is 2.53. The summed E-state index contributed by atoms with van der Waals surface area (Å²) in [4.78, 5) is 2.22. The third-order valence-electron chi connectivity index (χ3n) is 3.86. The molecule has 0 fully saturated rings. The van der Waals surface area contributed by atoms with Gasteiger partial charge in [-0.2, -0.15) is 11.3 Å². The molecule has 0 aliphatic heterocycles. The Kier molecular flexibility index (Phi) is 5.66.